The molecule has 0 aromatic carbocycles. The summed E-state index contributed by atoms with van der Waals surface area (Å²) in [4.78, 5) is 6.35. The van der Waals surface area contributed by atoms with E-state index in [-0.39, 0.29) is 9.92 Å². The molecular formula is C14H20ClN3O2S. The van der Waals surface area contributed by atoms with Gasteiger partial charge in [0.05, 0.1) is 5.02 Å². The quantitative estimate of drug-likeness (QED) is 0.916. The summed E-state index contributed by atoms with van der Waals surface area (Å²) in [6, 6.07) is 2.71. The van der Waals surface area contributed by atoms with Gasteiger partial charge in [-0.15, -0.1) is 0 Å². The number of halogens is 1. The maximum atomic E-state index is 12.3. The maximum absolute atomic E-state index is 12.3. The largest absolute Gasteiger partial charge is 0.300 e. The molecule has 7 heteroatoms. The molecule has 2 bridgehead atoms. The second-order valence-corrected chi connectivity index (χ2v) is 8.19. The van der Waals surface area contributed by atoms with E-state index in [0.717, 1.165) is 12.8 Å². The molecule has 0 saturated carbocycles. The Kier molecular flexibility index (Phi) is 4.23. The monoisotopic (exact) mass is 329 g/mol. The molecule has 2 aliphatic rings. The van der Waals surface area contributed by atoms with Crippen molar-refractivity contribution in [3.63, 3.8) is 0 Å². The number of rotatable bonds is 4. The first-order valence-corrected chi connectivity index (χ1v) is 9.14. The van der Waals surface area contributed by atoms with E-state index in [2.05, 4.69) is 21.7 Å². The van der Waals surface area contributed by atoms with Gasteiger partial charge in [-0.05, 0) is 44.7 Å². The van der Waals surface area contributed by atoms with Crippen LogP contribution in [0.25, 0.3) is 0 Å². The van der Waals surface area contributed by atoms with Crippen LogP contribution < -0.4 is 4.72 Å². The Bertz CT molecular complexity index is 608. The van der Waals surface area contributed by atoms with Crippen molar-refractivity contribution in [3.05, 3.63) is 23.5 Å². The van der Waals surface area contributed by atoms with E-state index in [9.17, 15) is 8.42 Å². The Labute approximate surface area is 130 Å². The molecule has 1 aromatic rings. The van der Waals surface area contributed by atoms with Gasteiger partial charge in [0.25, 0.3) is 0 Å². The van der Waals surface area contributed by atoms with Gasteiger partial charge in [-0.25, -0.2) is 13.1 Å². The Morgan fingerprint density at radius 3 is 2.67 bits per heavy atom. The number of nitrogens with zero attached hydrogens (tertiary/aromatic N) is 2. The van der Waals surface area contributed by atoms with Gasteiger partial charge in [-0.3, -0.25) is 4.98 Å². The molecule has 1 N–H and O–H groups in total. The molecule has 0 amide bonds. The summed E-state index contributed by atoms with van der Waals surface area (Å²) in [5, 5.41) is 0.209. The van der Waals surface area contributed by atoms with Crippen LogP contribution in [0.2, 0.25) is 5.02 Å². The second-order valence-electron chi connectivity index (χ2n) is 6.05. The molecule has 21 heavy (non-hydrogen) atoms. The molecule has 2 unspecified atom stereocenters. The fourth-order valence-corrected chi connectivity index (χ4v) is 5.10. The first kappa shape index (κ1) is 15.2. The lowest BCUT2D eigenvalue weighted by Crippen LogP contribution is -2.43. The van der Waals surface area contributed by atoms with E-state index in [1.165, 1.54) is 31.3 Å². The third kappa shape index (κ3) is 3.08. The SMILES string of the molecule is CN1C2CCC1CC(CNS(=O)(=O)c1cnccc1Cl)C2. The van der Waals surface area contributed by atoms with Crippen molar-refractivity contribution in [2.45, 2.75) is 42.7 Å². The van der Waals surface area contributed by atoms with Gasteiger partial charge in [0.2, 0.25) is 10.0 Å². The van der Waals surface area contributed by atoms with E-state index < -0.39 is 10.0 Å². The lowest BCUT2D eigenvalue weighted by Gasteiger charge is -2.36. The zero-order valence-electron chi connectivity index (χ0n) is 12.0. The molecule has 0 aliphatic carbocycles. The molecule has 3 rings (SSSR count). The maximum Gasteiger partial charge on any atom is 0.243 e. The van der Waals surface area contributed by atoms with Gasteiger partial charge in [-0.1, -0.05) is 11.6 Å². The third-order valence-electron chi connectivity index (χ3n) is 4.78. The topological polar surface area (TPSA) is 62.3 Å². The van der Waals surface area contributed by atoms with Crippen LogP contribution in [0.5, 0.6) is 0 Å². The number of hydrogen-bond donors (Lipinski definition) is 1. The molecule has 0 radical (unpaired) electrons. The molecule has 2 saturated heterocycles. The number of fused-ring (bicyclic) bond motifs is 2. The van der Waals surface area contributed by atoms with E-state index in [1.807, 2.05) is 0 Å². The molecular weight excluding hydrogens is 310 g/mol. The van der Waals surface area contributed by atoms with Gasteiger partial charge >= 0.3 is 0 Å². The van der Waals surface area contributed by atoms with Gasteiger partial charge in [0.1, 0.15) is 4.90 Å². The van der Waals surface area contributed by atoms with Crippen molar-refractivity contribution in [3.8, 4) is 0 Å². The standard InChI is InChI=1S/C14H20ClN3O2S/c1-18-11-2-3-12(18)7-10(6-11)8-17-21(19,20)14-9-16-5-4-13(14)15/h4-5,9-12,17H,2-3,6-8H2,1H3. The highest BCUT2D eigenvalue weighted by atomic mass is 35.5. The molecule has 2 fully saturated rings. The number of pyridine rings is 1. The summed E-state index contributed by atoms with van der Waals surface area (Å²) < 4.78 is 27.3. The van der Waals surface area contributed by atoms with Crippen LogP contribution in [-0.4, -0.2) is 44.0 Å². The predicted octanol–water partition coefficient (Wildman–Crippen LogP) is 1.89. The summed E-state index contributed by atoms with van der Waals surface area (Å²) >= 11 is 5.94. The lowest BCUT2D eigenvalue weighted by molar-refractivity contribution is 0.135. The molecule has 116 valence electrons. The van der Waals surface area contributed by atoms with Crippen molar-refractivity contribution in [2.24, 2.45) is 5.92 Å². The molecule has 1 aromatic heterocycles. The summed E-state index contributed by atoms with van der Waals surface area (Å²) in [6.07, 6.45) is 7.38. The number of nitrogens with one attached hydrogen (secondary N) is 1. The summed E-state index contributed by atoms with van der Waals surface area (Å²) in [5.74, 6) is 0.406. The van der Waals surface area contributed by atoms with E-state index in [1.54, 1.807) is 0 Å². The predicted molar refractivity (Wildman–Crippen MR) is 81.7 cm³/mol. The minimum absolute atomic E-state index is 0.0579. The average Bonchev–Trinajstić information content (AvgIpc) is 2.67. The molecule has 2 aliphatic heterocycles. The fraction of sp³-hybridized carbons (Fsp3) is 0.643. The van der Waals surface area contributed by atoms with Crippen LogP contribution in [0.4, 0.5) is 0 Å². The van der Waals surface area contributed by atoms with E-state index in [4.69, 9.17) is 11.6 Å². The smallest absolute Gasteiger partial charge is 0.243 e. The van der Waals surface area contributed by atoms with Crippen LogP contribution >= 0.6 is 11.6 Å². The van der Waals surface area contributed by atoms with Gasteiger partial charge in [0.15, 0.2) is 0 Å². The fourth-order valence-electron chi connectivity index (χ4n) is 3.56. The first-order chi connectivity index (χ1) is 9.97. The van der Waals surface area contributed by atoms with Crippen LogP contribution in [0.3, 0.4) is 0 Å². The highest BCUT2D eigenvalue weighted by molar-refractivity contribution is 7.89. The van der Waals surface area contributed by atoms with E-state index in [0.29, 0.717) is 24.5 Å². The molecule has 5 nitrogen and oxygen atoms in total. The number of aromatic nitrogens is 1. The summed E-state index contributed by atoms with van der Waals surface area (Å²) in [6.45, 7) is 0.481. The number of hydrogen-bond acceptors (Lipinski definition) is 4. The van der Waals surface area contributed by atoms with Crippen molar-refractivity contribution >= 4 is 21.6 Å². The lowest BCUT2D eigenvalue weighted by atomic mass is 9.91. The second kappa shape index (κ2) is 5.83. The average molecular weight is 330 g/mol. The third-order valence-corrected chi connectivity index (χ3v) is 6.67. The Balaban J connectivity index is 1.64. The Morgan fingerprint density at radius 2 is 2.05 bits per heavy atom. The van der Waals surface area contributed by atoms with Crippen molar-refractivity contribution in [2.75, 3.05) is 13.6 Å². The minimum Gasteiger partial charge on any atom is -0.300 e. The van der Waals surface area contributed by atoms with Crippen LogP contribution in [-0.2, 0) is 10.0 Å². The van der Waals surface area contributed by atoms with Crippen LogP contribution in [0.15, 0.2) is 23.4 Å². The van der Waals surface area contributed by atoms with Gasteiger partial charge in [0, 0.05) is 31.0 Å². The number of piperidine rings is 1. The zero-order chi connectivity index (χ0) is 15.0. The zero-order valence-corrected chi connectivity index (χ0v) is 13.6. The molecule has 2 atom stereocenters. The van der Waals surface area contributed by atoms with Crippen LogP contribution in [0, 0.1) is 5.92 Å². The number of sulfonamides is 1. The highest BCUT2D eigenvalue weighted by Gasteiger charge is 2.38. The normalized spacial score (nSPS) is 29.7. The highest BCUT2D eigenvalue weighted by Crippen LogP contribution is 2.37. The minimum atomic E-state index is -3.58. The first-order valence-electron chi connectivity index (χ1n) is 7.28. The summed E-state index contributed by atoms with van der Waals surface area (Å²) in [5.41, 5.74) is 0. The molecule has 3 heterocycles. The summed E-state index contributed by atoms with van der Waals surface area (Å²) in [7, 11) is -1.40. The Hall–Kier alpha value is -0.690. The van der Waals surface area contributed by atoms with Crippen LogP contribution in [0.1, 0.15) is 25.7 Å². The van der Waals surface area contributed by atoms with E-state index >= 15 is 0 Å². The van der Waals surface area contributed by atoms with Gasteiger partial charge < -0.3 is 4.90 Å². The van der Waals surface area contributed by atoms with Gasteiger partial charge in [-0.2, -0.15) is 0 Å². The van der Waals surface area contributed by atoms with Crippen molar-refractivity contribution in [1.29, 1.82) is 0 Å². The Morgan fingerprint density at radius 1 is 1.38 bits per heavy atom. The molecule has 0 spiro atoms. The van der Waals surface area contributed by atoms with Crippen molar-refractivity contribution in [1.82, 2.24) is 14.6 Å². The van der Waals surface area contributed by atoms with Crippen molar-refractivity contribution < 1.29 is 8.42 Å².